The summed E-state index contributed by atoms with van der Waals surface area (Å²) >= 11 is 0. The molecule has 108 valence electrons. The van der Waals surface area contributed by atoms with E-state index in [1.54, 1.807) is 0 Å². The molecule has 0 aromatic rings. The minimum absolute atomic E-state index is 0.500. The summed E-state index contributed by atoms with van der Waals surface area (Å²) in [5, 5.41) is 3.81. The molecule has 18 heavy (non-hydrogen) atoms. The highest BCUT2D eigenvalue weighted by molar-refractivity contribution is 4.81. The first-order valence-electron chi connectivity index (χ1n) is 8.04. The molecule has 0 aliphatic heterocycles. The van der Waals surface area contributed by atoms with E-state index >= 15 is 0 Å². The standard InChI is InChI=1S/C17H35N/c1-13(2)14(3)12-18-16-9-7-8-15(10-11-16)17(4,5)6/h13-16,18H,7-12H2,1-6H3. The predicted octanol–water partition coefficient (Wildman–Crippen LogP) is 4.86. The SMILES string of the molecule is CC(C)C(C)CNC1CCCC(C(C)(C)C)CC1. The van der Waals surface area contributed by atoms with E-state index in [0.717, 1.165) is 23.8 Å². The topological polar surface area (TPSA) is 12.0 Å². The molecule has 0 heterocycles. The third kappa shape index (κ3) is 5.30. The lowest BCUT2D eigenvalue weighted by Crippen LogP contribution is -2.33. The third-order valence-corrected chi connectivity index (χ3v) is 5.06. The van der Waals surface area contributed by atoms with Gasteiger partial charge in [-0.25, -0.2) is 0 Å². The van der Waals surface area contributed by atoms with Crippen LogP contribution in [0.3, 0.4) is 0 Å². The molecule has 1 aliphatic carbocycles. The van der Waals surface area contributed by atoms with Crippen LogP contribution < -0.4 is 5.32 Å². The molecule has 1 fully saturated rings. The molecule has 1 heteroatoms. The first-order valence-corrected chi connectivity index (χ1v) is 8.04. The summed E-state index contributed by atoms with van der Waals surface area (Å²) in [5.74, 6) is 2.52. The van der Waals surface area contributed by atoms with Crippen molar-refractivity contribution >= 4 is 0 Å². The van der Waals surface area contributed by atoms with E-state index < -0.39 is 0 Å². The average Bonchev–Trinajstić information content (AvgIpc) is 2.50. The lowest BCUT2D eigenvalue weighted by molar-refractivity contribution is 0.213. The Labute approximate surface area is 115 Å². The first-order chi connectivity index (χ1) is 8.30. The maximum Gasteiger partial charge on any atom is 0.00672 e. The smallest absolute Gasteiger partial charge is 0.00672 e. The first kappa shape index (κ1) is 16.0. The van der Waals surface area contributed by atoms with Gasteiger partial charge in [-0.15, -0.1) is 0 Å². The van der Waals surface area contributed by atoms with E-state index in [2.05, 4.69) is 46.9 Å². The van der Waals surface area contributed by atoms with Gasteiger partial charge in [-0.05, 0) is 55.4 Å². The van der Waals surface area contributed by atoms with Crippen molar-refractivity contribution < 1.29 is 0 Å². The Balaban J connectivity index is 2.34. The fraction of sp³-hybridized carbons (Fsp3) is 1.00. The zero-order chi connectivity index (χ0) is 13.8. The fourth-order valence-corrected chi connectivity index (χ4v) is 2.96. The number of rotatable bonds is 4. The minimum atomic E-state index is 0.500. The van der Waals surface area contributed by atoms with E-state index in [1.165, 1.54) is 38.6 Å². The zero-order valence-electron chi connectivity index (χ0n) is 13.6. The maximum absolute atomic E-state index is 3.81. The van der Waals surface area contributed by atoms with E-state index in [4.69, 9.17) is 0 Å². The highest BCUT2D eigenvalue weighted by Gasteiger charge is 2.27. The Kier molecular flexibility index (Phi) is 6.17. The van der Waals surface area contributed by atoms with Crippen LogP contribution in [0.1, 0.15) is 73.6 Å². The summed E-state index contributed by atoms with van der Waals surface area (Å²) in [6.45, 7) is 15.4. The molecule has 3 atom stereocenters. The molecule has 0 amide bonds. The summed E-state index contributed by atoms with van der Waals surface area (Å²) in [6, 6.07) is 0.776. The van der Waals surface area contributed by atoms with Gasteiger partial charge in [-0.3, -0.25) is 0 Å². The molecular weight excluding hydrogens is 218 g/mol. The van der Waals surface area contributed by atoms with Gasteiger partial charge < -0.3 is 5.32 Å². The van der Waals surface area contributed by atoms with Crippen molar-refractivity contribution in [3.63, 3.8) is 0 Å². The third-order valence-electron chi connectivity index (χ3n) is 5.06. The van der Waals surface area contributed by atoms with Gasteiger partial charge in [0, 0.05) is 6.04 Å². The Bertz CT molecular complexity index is 226. The molecule has 3 unspecified atom stereocenters. The Morgan fingerprint density at radius 2 is 1.67 bits per heavy atom. The van der Waals surface area contributed by atoms with Crippen molar-refractivity contribution in [1.82, 2.24) is 5.32 Å². The van der Waals surface area contributed by atoms with Crippen LogP contribution in [0, 0.1) is 23.2 Å². The molecule has 0 radical (unpaired) electrons. The lowest BCUT2D eigenvalue weighted by atomic mass is 9.76. The van der Waals surface area contributed by atoms with Crippen LogP contribution in [0.25, 0.3) is 0 Å². The monoisotopic (exact) mass is 253 g/mol. The molecule has 1 N–H and O–H groups in total. The van der Waals surface area contributed by atoms with Crippen molar-refractivity contribution in [2.45, 2.75) is 79.7 Å². The van der Waals surface area contributed by atoms with Gasteiger partial charge in [0.25, 0.3) is 0 Å². The van der Waals surface area contributed by atoms with Gasteiger partial charge >= 0.3 is 0 Å². The second-order valence-corrected chi connectivity index (χ2v) is 7.90. The molecule has 0 bridgehead atoms. The highest BCUT2D eigenvalue weighted by atomic mass is 14.9. The van der Waals surface area contributed by atoms with Crippen LogP contribution >= 0.6 is 0 Å². The lowest BCUT2D eigenvalue weighted by Gasteiger charge is -2.29. The van der Waals surface area contributed by atoms with Crippen molar-refractivity contribution in [2.75, 3.05) is 6.54 Å². The molecule has 0 saturated heterocycles. The van der Waals surface area contributed by atoms with Crippen LogP contribution in [-0.4, -0.2) is 12.6 Å². The van der Waals surface area contributed by atoms with Gasteiger partial charge in [0.05, 0.1) is 0 Å². The molecule has 1 saturated carbocycles. The quantitative estimate of drug-likeness (QED) is 0.705. The van der Waals surface area contributed by atoms with Crippen LogP contribution in [0.5, 0.6) is 0 Å². The van der Waals surface area contributed by atoms with Crippen LogP contribution in [-0.2, 0) is 0 Å². The van der Waals surface area contributed by atoms with E-state index in [0.29, 0.717) is 5.41 Å². The van der Waals surface area contributed by atoms with Gasteiger partial charge in [0.1, 0.15) is 0 Å². The summed E-state index contributed by atoms with van der Waals surface area (Å²) in [7, 11) is 0. The molecule has 0 aromatic heterocycles. The molecule has 1 nitrogen and oxygen atoms in total. The van der Waals surface area contributed by atoms with Crippen molar-refractivity contribution in [1.29, 1.82) is 0 Å². The zero-order valence-corrected chi connectivity index (χ0v) is 13.6. The number of hydrogen-bond donors (Lipinski definition) is 1. The fourth-order valence-electron chi connectivity index (χ4n) is 2.96. The number of hydrogen-bond acceptors (Lipinski definition) is 1. The molecule has 1 aliphatic rings. The second kappa shape index (κ2) is 6.93. The summed E-state index contributed by atoms with van der Waals surface area (Å²) in [5.41, 5.74) is 0.500. The van der Waals surface area contributed by atoms with Gasteiger partial charge in [-0.2, -0.15) is 0 Å². The molecule has 0 aromatic carbocycles. The van der Waals surface area contributed by atoms with Crippen LogP contribution in [0.2, 0.25) is 0 Å². The van der Waals surface area contributed by atoms with Crippen LogP contribution in [0.15, 0.2) is 0 Å². The Morgan fingerprint density at radius 3 is 2.22 bits per heavy atom. The second-order valence-electron chi connectivity index (χ2n) is 7.90. The summed E-state index contributed by atoms with van der Waals surface area (Å²) in [6.07, 6.45) is 7.03. The van der Waals surface area contributed by atoms with Crippen molar-refractivity contribution in [3.8, 4) is 0 Å². The summed E-state index contributed by atoms with van der Waals surface area (Å²) in [4.78, 5) is 0. The van der Waals surface area contributed by atoms with E-state index in [9.17, 15) is 0 Å². The van der Waals surface area contributed by atoms with E-state index in [1.807, 2.05) is 0 Å². The largest absolute Gasteiger partial charge is 0.314 e. The highest BCUT2D eigenvalue weighted by Crippen LogP contribution is 2.36. The summed E-state index contributed by atoms with van der Waals surface area (Å²) < 4.78 is 0. The Morgan fingerprint density at radius 1 is 1.00 bits per heavy atom. The minimum Gasteiger partial charge on any atom is -0.314 e. The van der Waals surface area contributed by atoms with Gasteiger partial charge in [0.15, 0.2) is 0 Å². The van der Waals surface area contributed by atoms with Gasteiger partial charge in [-0.1, -0.05) is 48.0 Å². The maximum atomic E-state index is 3.81. The molecular formula is C17H35N. The predicted molar refractivity (Wildman–Crippen MR) is 81.8 cm³/mol. The molecule has 1 rings (SSSR count). The normalized spacial score (nSPS) is 28.2. The van der Waals surface area contributed by atoms with Crippen molar-refractivity contribution in [2.24, 2.45) is 23.2 Å². The Hall–Kier alpha value is -0.0400. The number of nitrogens with one attached hydrogen (secondary N) is 1. The van der Waals surface area contributed by atoms with Crippen LogP contribution in [0.4, 0.5) is 0 Å². The average molecular weight is 253 g/mol. The van der Waals surface area contributed by atoms with E-state index in [-0.39, 0.29) is 0 Å². The van der Waals surface area contributed by atoms with Gasteiger partial charge in [0.2, 0.25) is 0 Å². The molecule has 0 spiro atoms. The van der Waals surface area contributed by atoms with Crippen molar-refractivity contribution in [3.05, 3.63) is 0 Å².